The van der Waals surface area contributed by atoms with E-state index in [0.717, 1.165) is 12.0 Å². The van der Waals surface area contributed by atoms with Crippen LogP contribution in [0.2, 0.25) is 0 Å². The molecule has 0 bridgehead atoms. The topological polar surface area (TPSA) is 49.3 Å². The molecule has 17 heavy (non-hydrogen) atoms. The zero-order valence-electron chi connectivity index (χ0n) is 9.37. The number of rotatable bonds is 1. The molecule has 1 saturated heterocycles. The van der Waals surface area contributed by atoms with Gasteiger partial charge in [0.25, 0.3) is 0 Å². The van der Waals surface area contributed by atoms with Crippen molar-refractivity contribution in [2.24, 2.45) is 0 Å². The Balaban J connectivity index is 1.98. The Bertz CT molecular complexity index is 487. The summed E-state index contributed by atoms with van der Waals surface area (Å²) in [6.07, 6.45) is 1.29. The third-order valence-corrected chi connectivity index (χ3v) is 3.72. The molecule has 1 aromatic rings. The molecule has 1 heterocycles. The van der Waals surface area contributed by atoms with Gasteiger partial charge in [-0.15, -0.1) is 0 Å². The van der Waals surface area contributed by atoms with E-state index < -0.39 is 6.10 Å². The largest absolute Gasteiger partial charge is 0.388 e. The summed E-state index contributed by atoms with van der Waals surface area (Å²) in [5.74, 6) is -0.383. The van der Waals surface area contributed by atoms with E-state index >= 15 is 0 Å². The van der Waals surface area contributed by atoms with Crippen molar-refractivity contribution in [2.45, 2.75) is 31.3 Å². The zero-order chi connectivity index (χ0) is 12.0. The summed E-state index contributed by atoms with van der Waals surface area (Å²) >= 11 is 0. The summed E-state index contributed by atoms with van der Waals surface area (Å²) < 4.78 is 13.9. The van der Waals surface area contributed by atoms with Crippen LogP contribution in [0.1, 0.15) is 41.6 Å². The van der Waals surface area contributed by atoms with Gasteiger partial charge < -0.3 is 10.4 Å². The highest BCUT2D eigenvalue weighted by molar-refractivity contribution is 5.79. The minimum Gasteiger partial charge on any atom is -0.388 e. The van der Waals surface area contributed by atoms with E-state index in [9.17, 15) is 14.3 Å². The normalized spacial score (nSPS) is 27.1. The van der Waals surface area contributed by atoms with Crippen LogP contribution in [0.15, 0.2) is 12.1 Å². The second kappa shape index (κ2) is 3.81. The zero-order valence-corrected chi connectivity index (χ0v) is 9.37. The molecule has 1 aliphatic carbocycles. The van der Waals surface area contributed by atoms with Crippen LogP contribution in [0.25, 0.3) is 0 Å². The SMILES string of the molecule is O=C1C[C@H](c2cc3c(cc2F)C(O)CC3)CN1. The lowest BCUT2D eigenvalue weighted by Crippen LogP contribution is -2.13. The van der Waals surface area contributed by atoms with Gasteiger partial charge in [-0.25, -0.2) is 4.39 Å². The van der Waals surface area contributed by atoms with Gasteiger partial charge >= 0.3 is 0 Å². The Labute approximate surface area is 98.6 Å². The number of aryl methyl sites for hydroxylation is 1. The number of nitrogens with one attached hydrogen (secondary N) is 1. The maximum atomic E-state index is 13.9. The summed E-state index contributed by atoms with van der Waals surface area (Å²) in [7, 11) is 0. The minimum atomic E-state index is -0.531. The highest BCUT2D eigenvalue weighted by Gasteiger charge is 2.29. The Morgan fingerprint density at radius 1 is 1.35 bits per heavy atom. The number of hydrogen-bond acceptors (Lipinski definition) is 2. The van der Waals surface area contributed by atoms with Crippen LogP contribution in [0.5, 0.6) is 0 Å². The van der Waals surface area contributed by atoms with Crippen molar-refractivity contribution in [1.82, 2.24) is 5.32 Å². The van der Waals surface area contributed by atoms with Crippen molar-refractivity contribution in [3.8, 4) is 0 Å². The van der Waals surface area contributed by atoms with Gasteiger partial charge in [0.2, 0.25) is 5.91 Å². The van der Waals surface area contributed by atoms with Crippen LogP contribution in [-0.4, -0.2) is 17.6 Å². The summed E-state index contributed by atoms with van der Waals surface area (Å²) in [4.78, 5) is 11.2. The first-order valence-electron chi connectivity index (χ1n) is 5.92. The molecule has 2 N–H and O–H groups in total. The van der Waals surface area contributed by atoms with E-state index in [1.165, 1.54) is 6.07 Å². The fraction of sp³-hybridized carbons (Fsp3) is 0.462. The molecular weight excluding hydrogens is 221 g/mol. The number of amides is 1. The van der Waals surface area contributed by atoms with Crippen LogP contribution >= 0.6 is 0 Å². The molecule has 90 valence electrons. The molecule has 0 radical (unpaired) electrons. The number of aliphatic hydroxyl groups is 1. The number of carbonyl (C=O) groups excluding carboxylic acids is 1. The molecular formula is C13H14FNO2. The number of hydrogen-bond donors (Lipinski definition) is 2. The monoisotopic (exact) mass is 235 g/mol. The van der Waals surface area contributed by atoms with Gasteiger partial charge in [-0.3, -0.25) is 4.79 Å². The maximum Gasteiger partial charge on any atom is 0.220 e. The lowest BCUT2D eigenvalue weighted by molar-refractivity contribution is -0.119. The van der Waals surface area contributed by atoms with Crippen molar-refractivity contribution in [3.05, 3.63) is 34.6 Å². The molecule has 0 saturated carbocycles. The molecule has 0 spiro atoms. The first kappa shape index (κ1) is 10.7. The fourth-order valence-corrected chi connectivity index (χ4v) is 2.76. The molecule has 1 amide bonds. The highest BCUT2D eigenvalue weighted by atomic mass is 19.1. The second-order valence-corrected chi connectivity index (χ2v) is 4.83. The second-order valence-electron chi connectivity index (χ2n) is 4.83. The van der Waals surface area contributed by atoms with Gasteiger partial charge in [-0.1, -0.05) is 6.07 Å². The van der Waals surface area contributed by atoms with Gasteiger partial charge in [-0.2, -0.15) is 0 Å². The predicted molar refractivity (Wildman–Crippen MR) is 60.0 cm³/mol. The summed E-state index contributed by atoms with van der Waals surface area (Å²) in [6.45, 7) is 0.511. The van der Waals surface area contributed by atoms with Crippen LogP contribution in [0.3, 0.4) is 0 Å². The molecule has 3 nitrogen and oxygen atoms in total. The van der Waals surface area contributed by atoms with Gasteiger partial charge in [0.15, 0.2) is 0 Å². The lowest BCUT2D eigenvalue weighted by Gasteiger charge is -2.12. The molecule has 1 fully saturated rings. The van der Waals surface area contributed by atoms with Crippen molar-refractivity contribution in [3.63, 3.8) is 0 Å². The molecule has 1 aromatic carbocycles. The Kier molecular flexibility index (Phi) is 2.40. The van der Waals surface area contributed by atoms with E-state index in [-0.39, 0.29) is 17.6 Å². The molecule has 1 aliphatic heterocycles. The number of aliphatic hydroxyl groups excluding tert-OH is 1. The fourth-order valence-electron chi connectivity index (χ4n) is 2.76. The van der Waals surface area contributed by atoms with Gasteiger partial charge in [0, 0.05) is 18.9 Å². The quantitative estimate of drug-likeness (QED) is 0.773. The lowest BCUT2D eigenvalue weighted by atomic mass is 9.94. The molecule has 2 aliphatic rings. The van der Waals surface area contributed by atoms with E-state index in [0.29, 0.717) is 30.5 Å². The average Bonchev–Trinajstić information content (AvgIpc) is 2.86. The van der Waals surface area contributed by atoms with Gasteiger partial charge in [-0.05, 0) is 35.6 Å². The number of halogens is 1. The van der Waals surface area contributed by atoms with Crippen LogP contribution in [0.4, 0.5) is 4.39 Å². The van der Waals surface area contributed by atoms with Crippen molar-refractivity contribution >= 4 is 5.91 Å². The molecule has 3 rings (SSSR count). The van der Waals surface area contributed by atoms with Crippen LogP contribution in [-0.2, 0) is 11.2 Å². The van der Waals surface area contributed by atoms with Crippen LogP contribution in [0, 0.1) is 5.82 Å². The Morgan fingerprint density at radius 2 is 2.18 bits per heavy atom. The predicted octanol–water partition coefficient (Wildman–Crippen LogP) is 1.41. The summed E-state index contributed by atoms with van der Waals surface area (Å²) in [6, 6.07) is 3.26. The molecule has 2 atom stereocenters. The Morgan fingerprint density at radius 3 is 2.88 bits per heavy atom. The third kappa shape index (κ3) is 1.72. The highest BCUT2D eigenvalue weighted by Crippen LogP contribution is 2.35. The third-order valence-electron chi connectivity index (χ3n) is 3.72. The standard InChI is InChI=1S/C13H14FNO2/c14-11-5-10-7(1-2-12(10)16)3-9(11)8-4-13(17)15-6-8/h3,5,8,12,16H,1-2,4,6H2,(H,15,17)/t8-,12?/m0/s1. The first-order valence-corrected chi connectivity index (χ1v) is 5.92. The van der Waals surface area contributed by atoms with Crippen molar-refractivity contribution < 1.29 is 14.3 Å². The first-order chi connectivity index (χ1) is 8.15. The molecule has 0 aromatic heterocycles. The Hall–Kier alpha value is -1.42. The molecule has 1 unspecified atom stereocenters. The van der Waals surface area contributed by atoms with E-state index in [1.807, 2.05) is 6.07 Å². The van der Waals surface area contributed by atoms with E-state index in [2.05, 4.69) is 5.32 Å². The minimum absolute atomic E-state index is 0.0186. The number of carbonyl (C=O) groups is 1. The van der Waals surface area contributed by atoms with Gasteiger partial charge in [0.1, 0.15) is 5.82 Å². The van der Waals surface area contributed by atoms with E-state index in [4.69, 9.17) is 0 Å². The van der Waals surface area contributed by atoms with Crippen molar-refractivity contribution in [2.75, 3.05) is 6.54 Å². The summed E-state index contributed by atoms with van der Waals surface area (Å²) in [5.41, 5.74) is 2.34. The van der Waals surface area contributed by atoms with Crippen LogP contribution < -0.4 is 5.32 Å². The average molecular weight is 235 g/mol. The maximum absolute atomic E-state index is 13.9. The van der Waals surface area contributed by atoms with Crippen molar-refractivity contribution in [1.29, 1.82) is 0 Å². The summed E-state index contributed by atoms with van der Waals surface area (Å²) in [5, 5.41) is 12.4. The molecule has 4 heteroatoms. The smallest absolute Gasteiger partial charge is 0.220 e. The van der Waals surface area contributed by atoms with Gasteiger partial charge in [0.05, 0.1) is 6.10 Å². The number of benzene rings is 1. The number of fused-ring (bicyclic) bond motifs is 1. The van der Waals surface area contributed by atoms with E-state index in [1.54, 1.807) is 0 Å².